The van der Waals surface area contributed by atoms with E-state index in [1.807, 2.05) is 0 Å². The lowest BCUT2D eigenvalue weighted by Crippen LogP contribution is -2.25. The zero-order valence-electron chi connectivity index (χ0n) is 17.7. The molecule has 1 aromatic heterocycles. The predicted molar refractivity (Wildman–Crippen MR) is 127 cm³/mol. The molecule has 1 heterocycles. The summed E-state index contributed by atoms with van der Waals surface area (Å²) >= 11 is 5.99. The molecule has 0 atom stereocenters. The first-order chi connectivity index (χ1) is 16.4. The zero-order valence-corrected chi connectivity index (χ0v) is 18.5. The highest BCUT2D eigenvalue weighted by Gasteiger charge is 2.15. The van der Waals surface area contributed by atoms with Gasteiger partial charge in [0.2, 0.25) is 5.84 Å². The highest BCUT2D eigenvalue weighted by molar-refractivity contribution is 6.30. The van der Waals surface area contributed by atoms with Crippen LogP contribution in [0.4, 0.5) is 5.69 Å². The highest BCUT2D eigenvalue weighted by atomic mass is 35.5. The number of phenolic OH excluding ortho intramolecular Hbond substituents is 1. The van der Waals surface area contributed by atoms with E-state index in [2.05, 4.69) is 20.8 Å². The molecule has 0 radical (unpaired) electrons. The number of aromatic hydroxyl groups is 1. The van der Waals surface area contributed by atoms with E-state index in [0.29, 0.717) is 27.2 Å². The van der Waals surface area contributed by atoms with Gasteiger partial charge in [-0.3, -0.25) is 4.79 Å². The van der Waals surface area contributed by atoms with Crippen molar-refractivity contribution in [2.24, 2.45) is 15.3 Å². The predicted octanol–water partition coefficient (Wildman–Crippen LogP) is 5.04. The smallest absolute Gasteiger partial charge is 0.349 e. The number of rotatable bonds is 5. The second-order valence-electron chi connectivity index (χ2n) is 6.93. The molecule has 0 aliphatic heterocycles. The molecule has 0 aliphatic carbocycles. The number of carbonyl (C=O) groups excluding carboxylic acids is 1. The van der Waals surface area contributed by atoms with E-state index < -0.39 is 11.5 Å². The molecule has 0 aliphatic rings. The molecule has 34 heavy (non-hydrogen) atoms. The monoisotopic (exact) mass is 476 g/mol. The van der Waals surface area contributed by atoms with E-state index in [1.54, 1.807) is 48.5 Å². The van der Waals surface area contributed by atoms with Crippen molar-refractivity contribution in [1.29, 1.82) is 0 Å². The van der Waals surface area contributed by atoms with Gasteiger partial charge in [-0.2, -0.15) is 0 Å². The summed E-state index contributed by atoms with van der Waals surface area (Å²) in [5.74, 6) is -0.725. The quantitative estimate of drug-likeness (QED) is 0.137. The average Bonchev–Trinajstić information content (AvgIpc) is 2.84. The Bertz CT molecular complexity index is 1500. The lowest BCUT2D eigenvalue weighted by atomic mass is 10.2. The van der Waals surface area contributed by atoms with Crippen molar-refractivity contribution in [1.82, 2.24) is 5.43 Å². The molecular weight excluding hydrogens is 460 g/mol. The Balaban J connectivity index is 1.69. The zero-order chi connectivity index (χ0) is 24.1. The van der Waals surface area contributed by atoms with Crippen molar-refractivity contribution in [2.45, 2.75) is 0 Å². The number of methoxy groups -OCH3 is 1. The van der Waals surface area contributed by atoms with Gasteiger partial charge in [0, 0.05) is 16.0 Å². The largest absolute Gasteiger partial charge is 0.504 e. The van der Waals surface area contributed by atoms with Crippen LogP contribution < -0.4 is 15.8 Å². The van der Waals surface area contributed by atoms with Crippen LogP contribution in [0.15, 0.2) is 97.3 Å². The summed E-state index contributed by atoms with van der Waals surface area (Å²) in [6.45, 7) is 0. The van der Waals surface area contributed by atoms with Gasteiger partial charge < -0.3 is 14.3 Å². The molecule has 0 saturated carbocycles. The van der Waals surface area contributed by atoms with Gasteiger partial charge in [0.1, 0.15) is 11.1 Å². The number of para-hydroxylation sites is 1. The first-order valence-corrected chi connectivity index (χ1v) is 10.3. The van der Waals surface area contributed by atoms with Gasteiger partial charge in [0.25, 0.3) is 5.91 Å². The minimum atomic E-state index is -0.806. The third kappa shape index (κ3) is 5.11. The lowest BCUT2D eigenvalue weighted by Gasteiger charge is -2.07. The SMILES string of the molecule is COc1cc(/C(N=Nc2cccc(Cl)c2)=N\NC(=O)c2cc3ccccc3oc2=O)ccc1O. The lowest BCUT2D eigenvalue weighted by molar-refractivity contribution is 0.0951. The topological polar surface area (TPSA) is 126 Å². The Morgan fingerprint density at radius 2 is 1.88 bits per heavy atom. The number of hydrogen-bond donors (Lipinski definition) is 2. The van der Waals surface area contributed by atoms with E-state index >= 15 is 0 Å². The number of fused-ring (bicyclic) bond motifs is 1. The highest BCUT2D eigenvalue weighted by Crippen LogP contribution is 2.27. The van der Waals surface area contributed by atoms with Crippen molar-refractivity contribution in [3.8, 4) is 11.5 Å². The molecule has 170 valence electrons. The van der Waals surface area contributed by atoms with Gasteiger partial charge in [-0.1, -0.05) is 35.9 Å². The van der Waals surface area contributed by atoms with Crippen LogP contribution in [0.5, 0.6) is 11.5 Å². The van der Waals surface area contributed by atoms with Crippen LogP contribution in [0.2, 0.25) is 5.02 Å². The number of halogens is 1. The van der Waals surface area contributed by atoms with E-state index in [1.165, 1.54) is 31.4 Å². The second-order valence-corrected chi connectivity index (χ2v) is 7.36. The fourth-order valence-electron chi connectivity index (χ4n) is 2.99. The summed E-state index contributed by atoms with van der Waals surface area (Å²) in [7, 11) is 1.39. The molecule has 0 fully saturated rings. The number of amidine groups is 1. The minimum Gasteiger partial charge on any atom is -0.504 e. The first-order valence-electron chi connectivity index (χ1n) is 9.90. The summed E-state index contributed by atoms with van der Waals surface area (Å²) in [5.41, 5.74) is 2.47. The van der Waals surface area contributed by atoms with Crippen LogP contribution >= 0.6 is 11.6 Å². The molecule has 0 saturated heterocycles. The number of hydrazone groups is 1. The standard InChI is InChI=1S/C24H17ClN4O5/c1-33-21-12-15(9-10-19(21)30)22(27-26-17-7-4-6-16(25)13-17)28-29-23(31)18-11-14-5-2-3-8-20(14)34-24(18)32/h2-13,30H,1H3,(H,29,31)/b27-26?,28-22+. The van der Waals surface area contributed by atoms with E-state index in [-0.39, 0.29) is 22.9 Å². The van der Waals surface area contributed by atoms with Gasteiger partial charge >= 0.3 is 5.63 Å². The molecule has 9 nitrogen and oxygen atoms in total. The maximum absolute atomic E-state index is 12.7. The number of azo groups is 1. The molecule has 1 amide bonds. The van der Waals surface area contributed by atoms with E-state index in [4.69, 9.17) is 20.8 Å². The van der Waals surface area contributed by atoms with Crippen LogP contribution in [0.25, 0.3) is 11.0 Å². The number of benzene rings is 3. The van der Waals surface area contributed by atoms with Gasteiger partial charge in [-0.15, -0.1) is 15.3 Å². The molecule has 4 aromatic rings. The first kappa shape index (κ1) is 22.7. The van der Waals surface area contributed by atoms with Gasteiger partial charge in [-0.05, 0) is 48.5 Å². The Morgan fingerprint density at radius 3 is 2.68 bits per heavy atom. The molecule has 2 N–H and O–H groups in total. The summed E-state index contributed by atoms with van der Waals surface area (Å²) in [6, 6.07) is 19.3. The number of nitrogens with zero attached hydrogens (tertiary/aromatic N) is 3. The number of phenols is 1. The van der Waals surface area contributed by atoms with E-state index in [9.17, 15) is 14.7 Å². The number of nitrogens with one attached hydrogen (secondary N) is 1. The van der Waals surface area contributed by atoms with Crippen LogP contribution in [0, 0.1) is 0 Å². The molecule has 10 heteroatoms. The molecule has 0 bridgehead atoms. The molecule has 4 rings (SSSR count). The van der Waals surface area contributed by atoms with Crippen LogP contribution in [0.3, 0.4) is 0 Å². The third-order valence-corrected chi connectivity index (χ3v) is 4.89. The molecule has 3 aromatic carbocycles. The molecule has 0 unspecified atom stereocenters. The summed E-state index contributed by atoms with van der Waals surface area (Å²) in [4.78, 5) is 25.0. The Hall–Kier alpha value is -4.50. The van der Waals surface area contributed by atoms with Crippen molar-refractivity contribution >= 4 is 40.0 Å². The fraction of sp³-hybridized carbons (Fsp3) is 0.0417. The van der Waals surface area contributed by atoms with Crippen molar-refractivity contribution < 1.29 is 19.1 Å². The summed E-state index contributed by atoms with van der Waals surface area (Å²) in [6.07, 6.45) is 0. The number of hydrogen-bond acceptors (Lipinski definition) is 7. The number of ether oxygens (including phenoxy) is 1. The van der Waals surface area contributed by atoms with Crippen molar-refractivity contribution in [3.63, 3.8) is 0 Å². The maximum Gasteiger partial charge on any atom is 0.349 e. The van der Waals surface area contributed by atoms with Gasteiger partial charge in [0.05, 0.1) is 12.8 Å². The molecular formula is C24H17ClN4O5. The van der Waals surface area contributed by atoms with Crippen molar-refractivity contribution in [2.75, 3.05) is 7.11 Å². The molecule has 0 spiro atoms. The number of amides is 1. The third-order valence-electron chi connectivity index (χ3n) is 4.66. The maximum atomic E-state index is 12.7. The Morgan fingerprint density at radius 1 is 1.06 bits per heavy atom. The summed E-state index contributed by atoms with van der Waals surface area (Å²) in [5, 5.41) is 23.2. The fourth-order valence-corrected chi connectivity index (χ4v) is 3.17. The minimum absolute atomic E-state index is 0.0168. The van der Waals surface area contributed by atoms with Crippen LogP contribution in [-0.2, 0) is 0 Å². The Kier molecular flexibility index (Phi) is 6.65. The number of carbonyl (C=O) groups is 1. The normalized spacial score (nSPS) is 11.6. The van der Waals surface area contributed by atoms with E-state index in [0.717, 1.165) is 0 Å². The van der Waals surface area contributed by atoms with Crippen LogP contribution in [-0.4, -0.2) is 24.0 Å². The Labute approximate surface area is 198 Å². The van der Waals surface area contributed by atoms with Crippen LogP contribution in [0.1, 0.15) is 15.9 Å². The summed E-state index contributed by atoms with van der Waals surface area (Å²) < 4.78 is 10.3. The second kappa shape index (κ2) is 9.97. The average molecular weight is 477 g/mol. The van der Waals surface area contributed by atoms with Gasteiger partial charge in [-0.25, -0.2) is 10.2 Å². The van der Waals surface area contributed by atoms with Gasteiger partial charge in [0.15, 0.2) is 11.5 Å². The van der Waals surface area contributed by atoms with Crippen molar-refractivity contribution in [3.05, 3.63) is 99.4 Å².